The molecule has 0 fully saturated rings. The summed E-state index contributed by atoms with van der Waals surface area (Å²) < 4.78 is 32.3. The van der Waals surface area contributed by atoms with Crippen molar-refractivity contribution in [3.8, 4) is 23.0 Å². The zero-order valence-electron chi connectivity index (χ0n) is 23.9. The molecule has 8 bridgehead atoms. The number of aromatic nitrogens is 2. The second-order valence-electron chi connectivity index (χ2n) is 10.7. The van der Waals surface area contributed by atoms with Gasteiger partial charge in [-0.15, -0.1) is 0 Å². The highest BCUT2D eigenvalue weighted by Crippen LogP contribution is 2.41. The summed E-state index contributed by atoms with van der Waals surface area (Å²) >= 11 is 0. The van der Waals surface area contributed by atoms with Crippen molar-refractivity contribution in [3.05, 3.63) is 113 Å². The molecule has 0 aliphatic carbocycles. The maximum absolute atomic E-state index is 14.6. The Morgan fingerprint density at radius 2 is 1.91 bits per heavy atom. The highest BCUT2D eigenvalue weighted by atomic mass is 19.1. The molecule has 2 N–H and O–H groups in total. The Hall–Kier alpha value is -5.38. The molecule has 0 saturated carbocycles. The standard InChI is InChI=1S/C34H29FN4O5/c1-42-29-10-4-22-18-30(29)43-16-2-13-37-33(40)26-19-24(6-8-27(26)35)44-23-5-7-25-21(17-23)12-15-39(31(22)25)34(41)28-9-3-20-11-14-36-32(20)38-28/h3-11,14,17-19,31H,2,12-13,15-16H2,1H3,(H,36,38)(H,37,40). The topological polar surface area (TPSA) is 106 Å². The van der Waals surface area contributed by atoms with Crippen molar-refractivity contribution in [3.63, 3.8) is 0 Å². The molecule has 2 amide bonds. The average Bonchev–Trinajstić information content (AvgIpc) is 3.52. The fourth-order valence-electron chi connectivity index (χ4n) is 5.85. The molecule has 0 radical (unpaired) electrons. The maximum atomic E-state index is 14.6. The highest BCUT2D eigenvalue weighted by molar-refractivity contribution is 5.95. The first-order valence-corrected chi connectivity index (χ1v) is 14.4. The summed E-state index contributed by atoms with van der Waals surface area (Å²) in [5.41, 5.74) is 3.69. The number of rotatable bonds is 2. The van der Waals surface area contributed by atoms with Gasteiger partial charge in [-0.05, 0) is 90.2 Å². The number of nitrogens with zero attached hydrogens (tertiary/aromatic N) is 2. The van der Waals surface area contributed by atoms with Gasteiger partial charge in [0.2, 0.25) is 0 Å². The number of methoxy groups -OCH3 is 1. The summed E-state index contributed by atoms with van der Waals surface area (Å²) in [7, 11) is 1.57. The van der Waals surface area contributed by atoms with Crippen LogP contribution in [0, 0.1) is 5.82 Å². The SMILES string of the molecule is COc1ccc2cc1OCCCNC(=O)c1cc(ccc1F)Oc1ccc3c(c1)CCN(C(=O)c1ccc4cc[nH]c4n1)C23. The van der Waals surface area contributed by atoms with E-state index in [1.54, 1.807) is 19.4 Å². The summed E-state index contributed by atoms with van der Waals surface area (Å²) in [6.45, 7) is 0.991. The third kappa shape index (κ3) is 5.08. The number of pyridine rings is 1. The van der Waals surface area contributed by atoms with E-state index in [0.717, 1.165) is 22.1 Å². The molecule has 44 heavy (non-hydrogen) atoms. The van der Waals surface area contributed by atoms with Crippen LogP contribution in [-0.2, 0) is 6.42 Å². The molecule has 9 nitrogen and oxygen atoms in total. The summed E-state index contributed by atoms with van der Waals surface area (Å²) in [6, 6.07) is 20.6. The third-order valence-electron chi connectivity index (χ3n) is 8.02. The second-order valence-corrected chi connectivity index (χ2v) is 10.7. The van der Waals surface area contributed by atoms with Crippen LogP contribution >= 0.6 is 0 Å². The number of hydrogen-bond acceptors (Lipinski definition) is 6. The Balaban J connectivity index is 1.33. The van der Waals surface area contributed by atoms with Crippen LogP contribution in [0.25, 0.3) is 11.0 Å². The zero-order chi connectivity index (χ0) is 30.2. The number of nitrogens with one attached hydrogen (secondary N) is 2. The Morgan fingerprint density at radius 1 is 1.05 bits per heavy atom. The first-order chi connectivity index (χ1) is 21.5. The minimum Gasteiger partial charge on any atom is -0.493 e. The largest absolute Gasteiger partial charge is 0.493 e. The van der Waals surface area contributed by atoms with E-state index >= 15 is 0 Å². The quantitative estimate of drug-likeness (QED) is 0.268. The van der Waals surface area contributed by atoms with Crippen molar-refractivity contribution in [1.82, 2.24) is 20.2 Å². The minimum atomic E-state index is -0.634. The number of fused-ring (bicyclic) bond motifs is 7. The van der Waals surface area contributed by atoms with Gasteiger partial charge in [0, 0.05) is 24.7 Å². The predicted molar refractivity (Wildman–Crippen MR) is 161 cm³/mol. The lowest BCUT2D eigenvalue weighted by Crippen LogP contribution is -2.41. The number of ether oxygens (including phenoxy) is 3. The van der Waals surface area contributed by atoms with Crippen LogP contribution in [-0.4, -0.2) is 53.5 Å². The molecule has 3 aliphatic rings. The van der Waals surface area contributed by atoms with Gasteiger partial charge >= 0.3 is 0 Å². The summed E-state index contributed by atoms with van der Waals surface area (Å²) in [6.07, 6.45) is 2.85. The van der Waals surface area contributed by atoms with E-state index < -0.39 is 17.8 Å². The molecule has 2 aromatic heterocycles. The fraction of sp³-hybridized carbons (Fsp3) is 0.206. The van der Waals surface area contributed by atoms with E-state index in [-0.39, 0.29) is 24.6 Å². The van der Waals surface area contributed by atoms with Crippen LogP contribution in [0.3, 0.4) is 0 Å². The Kier molecular flexibility index (Phi) is 7.09. The summed E-state index contributed by atoms with van der Waals surface area (Å²) in [5, 5.41) is 3.68. The van der Waals surface area contributed by atoms with E-state index in [1.807, 2.05) is 53.4 Å². The van der Waals surface area contributed by atoms with Crippen LogP contribution in [0.2, 0.25) is 0 Å². The molecular formula is C34H29FN4O5. The number of halogens is 1. The van der Waals surface area contributed by atoms with Gasteiger partial charge in [-0.3, -0.25) is 9.59 Å². The summed E-state index contributed by atoms with van der Waals surface area (Å²) in [5.74, 6) is 0.591. The zero-order valence-corrected chi connectivity index (χ0v) is 23.9. The summed E-state index contributed by atoms with van der Waals surface area (Å²) in [4.78, 5) is 36.4. The fourth-order valence-corrected chi connectivity index (χ4v) is 5.85. The first-order valence-electron chi connectivity index (χ1n) is 14.4. The maximum Gasteiger partial charge on any atom is 0.273 e. The predicted octanol–water partition coefficient (Wildman–Crippen LogP) is 5.80. The molecule has 3 aliphatic heterocycles. The van der Waals surface area contributed by atoms with Gasteiger partial charge in [0.25, 0.3) is 11.8 Å². The smallest absolute Gasteiger partial charge is 0.273 e. The van der Waals surface area contributed by atoms with Gasteiger partial charge in [0.1, 0.15) is 28.7 Å². The lowest BCUT2D eigenvalue weighted by atomic mass is 9.87. The lowest BCUT2D eigenvalue weighted by Gasteiger charge is -2.38. The lowest BCUT2D eigenvalue weighted by molar-refractivity contribution is 0.0688. The van der Waals surface area contributed by atoms with Gasteiger partial charge < -0.3 is 29.4 Å². The number of carbonyl (C=O) groups is 2. The van der Waals surface area contributed by atoms with Crippen molar-refractivity contribution in [2.75, 3.05) is 26.8 Å². The monoisotopic (exact) mass is 592 g/mol. The normalized spacial score (nSPS) is 16.4. The van der Waals surface area contributed by atoms with Gasteiger partial charge in [-0.25, -0.2) is 9.37 Å². The average molecular weight is 593 g/mol. The molecule has 1 atom stereocenters. The van der Waals surface area contributed by atoms with Crippen molar-refractivity contribution < 1.29 is 28.2 Å². The second kappa shape index (κ2) is 11.4. The highest BCUT2D eigenvalue weighted by Gasteiger charge is 2.34. The van der Waals surface area contributed by atoms with E-state index in [2.05, 4.69) is 15.3 Å². The van der Waals surface area contributed by atoms with E-state index in [4.69, 9.17) is 14.2 Å². The van der Waals surface area contributed by atoms with Crippen LogP contribution in [0.15, 0.2) is 79.0 Å². The number of benzene rings is 3. The molecule has 3 aromatic carbocycles. The van der Waals surface area contributed by atoms with Crippen molar-refractivity contribution in [2.45, 2.75) is 18.9 Å². The molecule has 0 saturated heterocycles. The Labute approximate surface area is 252 Å². The Morgan fingerprint density at radius 3 is 2.80 bits per heavy atom. The van der Waals surface area contributed by atoms with E-state index in [1.165, 1.54) is 18.2 Å². The molecular weight excluding hydrogens is 563 g/mol. The van der Waals surface area contributed by atoms with Crippen LogP contribution in [0.5, 0.6) is 23.0 Å². The van der Waals surface area contributed by atoms with E-state index in [0.29, 0.717) is 53.7 Å². The number of amides is 2. The van der Waals surface area contributed by atoms with Gasteiger partial charge in [-0.1, -0.05) is 12.1 Å². The molecule has 5 aromatic rings. The third-order valence-corrected chi connectivity index (χ3v) is 8.02. The van der Waals surface area contributed by atoms with Crippen molar-refractivity contribution >= 4 is 22.8 Å². The van der Waals surface area contributed by atoms with Crippen molar-refractivity contribution in [2.24, 2.45) is 0 Å². The van der Waals surface area contributed by atoms with Gasteiger partial charge in [0.05, 0.1) is 25.3 Å². The minimum absolute atomic E-state index is 0.0998. The number of aromatic amines is 1. The van der Waals surface area contributed by atoms with Crippen LogP contribution < -0.4 is 19.5 Å². The van der Waals surface area contributed by atoms with Crippen molar-refractivity contribution in [1.29, 1.82) is 0 Å². The molecule has 222 valence electrons. The number of H-pyrrole nitrogens is 1. The molecule has 1 unspecified atom stereocenters. The molecule has 8 rings (SSSR count). The van der Waals surface area contributed by atoms with Crippen LogP contribution in [0.4, 0.5) is 4.39 Å². The molecule has 5 heterocycles. The molecule has 0 spiro atoms. The van der Waals surface area contributed by atoms with Gasteiger partial charge in [-0.2, -0.15) is 0 Å². The number of hydrogen-bond donors (Lipinski definition) is 2. The van der Waals surface area contributed by atoms with Crippen LogP contribution in [0.1, 0.15) is 50.0 Å². The van der Waals surface area contributed by atoms with E-state index in [9.17, 15) is 14.0 Å². The number of carbonyl (C=O) groups excluding carboxylic acids is 2. The van der Waals surface area contributed by atoms with Gasteiger partial charge in [0.15, 0.2) is 11.5 Å². The first kappa shape index (κ1) is 27.5. The molecule has 10 heteroatoms. The Bertz CT molecular complexity index is 1900.